The number of ether oxygens (including phenoxy) is 1. The van der Waals surface area contributed by atoms with Crippen LogP contribution in [0.5, 0.6) is 5.95 Å². The van der Waals surface area contributed by atoms with E-state index in [0.717, 1.165) is 0 Å². The van der Waals surface area contributed by atoms with Crippen LogP contribution in [-0.2, 0) is 0 Å². The van der Waals surface area contributed by atoms with Gasteiger partial charge in [-0.05, 0) is 0 Å². The molecule has 0 atom stereocenters. The molecular weight excluding hydrogens is 146 g/mol. The van der Waals surface area contributed by atoms with E-state index in [0.29, 0.717) is 0 Å². The van der Waals surface area contributed by atoms with Crippen molar-refractivity contribution >= 4 is 17.0 Å². The van der Waals surface area contributed by atoms with Crippen molar-refractivity contribution in [2.45, 2.75) is 0 Å². The average Bonchev–Trinajstić information content (AvgIpc) is 2.15. The quantitative estimate of drug-likeness (QED) is 0.564. The van der Waals surface area contributed by atoms with Crippen LogP contribution in [0.4, 0.5) is 4.79 Å². The third kappa shape index (κ3) is 1.73. The van der Waals surface area contributed by atoms with Crippen molar-refractivity contribution in [1.29, 1.82) is 0 Å². The highest BCUT2D eigenvalue weighted by Crippen LogP contribution is 2.07. The van der Waals surface area contributed by atoms with Crippen LogP contribution >= 0.6 is 11.6 Å². The van der Waals surface area contributed by atoms with Crippen LogP contribution in [0.1, 0.15) is 0 Å². The lowest BCUT2D eigenvalue weighted by molar-refractivity contribution is 0.205. The maximum Gasteiger partial charge on any atom is 0.411 e. The zero-order valence-electron chi connectivity index (χ0n) is 4.20. The molecule has 1 aromatic heterocycles. The molecular formula is C4H2ClNO3. The van der Waals surface area contributed by atoms with Gasteiger partial charge in [0.15, 0.2) is 0 Å². The second kappa shape index (κ2) is 2.50. The van der Waals surface area contributed by atoms with Crippen molar-refractivity contribution < 1.29 is 14.1 Å². The molecule has 9 heavy (non-hydrogen) atoms. The molecule has 0 aliphatic heterocycles. The van der Waals surface area contributed by atoms with Crippen molar-refractivity contribution in [1.82, 2.24) is 5.16 Å². The molecule has 0 spiro atoms. The minimum Gasteiger partial charge on any atom is -0.379 e. The number of halogens is 1. The molecule has 0 amide bonds. The van der Waals surface area contributed by atoms with Gasteiger partial charge in [-0.1, -0.05) is 5.16 Å². The highest BCUT2D eigenvalue weighted by Gasteiger charge is 2.00. The predicted octanol–water partition coefficient (Wildman–Crippen LogP) is 1.41. The Morgan fingerprint density at radius 1 is 1.89 bits per heavy atom. The molecule has 0 N–H and O–H groups in total. The van der Waals surface area contributed by atoms with Gasteiger partial charge in [0.25, 0.3) is 0 Å². The summed E-state index contributed by atoms with van der Waals surface area (Å²) in [7, 11) is 0. The third-order valence-electron chi connectivity index (χ3n) is 0.595. The van der Waals surface area contributed by atoms with Crippen molar-refractivity contribution in [2.24, 2.45) is 0 Å². The number of hydrogen-bond acceptors (Lipinski definition) is 4. The van der Waals surface area contributed by atoms with E-state index in [1.807, 2.05) is 0 Å². The monoisotopic (exact) mass is 147 g/mol. The second-order valence-electron chi connectivity index (χ2n) is 1.17. The normalized spacial score (nSPS) is 9.00. The number of nitrogens with zero attached hydrogens (tertiary/aromatic N) is 1. The van der Waals surface area contributed by atoms with Gasteiger partial charge >= 0.3 is 11.4 Å². The standard InChI is InChI=1S/C4H2ClNO3/c5-4(7)8-3-1-2-6-9-3/h1-2H. The smallest absolute Gasteiger partial charge is 0.379 e. The lowest BCUT2D eigenvalue weighted by atomic mass is 10.7. The molecule has 4 nitrogen and oxygen atoms in total. The number of rotatable bonds is 1. The average molecular weight is 148 g/mol. The Labute approximate surface area is 55.3 Å². The molecule has 0 fully saturated rings. The van der Waals surface area contributed by atoms with E-state index in [2.05, 4.69) is 14.4 Å². The minimum absolute atomic E-state index is 0.00463. The summed E-state index contributed by atoms with van der Waals surface area (Å²) < 4.78 is 8.62. The van der Waals surface area contributed by atoms with E-state index < -0.39 is 5.43 Å². The van der Waals surface area contributed by atoms with Crippen molar-refractivity contribution in [3.8, 4) is 5.95 Å². The zero-order valence-corrected chi connectivity index (χ0v) is 4.96. The summed E-state index contributed by atoms with van der Waals surface area (Å²) in [6, 6.07) is 1.38. The fourth-order valence-corrected chi connectivity index (χ4v) is 0.412. The van der Waals surface area contributed by atoms with Crippen LogP contribution in [0.25, 0.3) is 0 Å². The van der Waals surface area contributed by atoms with Gasteiger partial charge in [-0.25, -0.2) is 4.79 Å². The highest BCUT2D eigenvalue weighted by atomic mass is 35.5. The molecule has 48 valence electrons. The first kappa shape index (κ1) is 6.10. The lowest BCUT2D eigenvalue weighted by Gasteiger charge is -1.87. The Morgan fingerprint density at radius 2 is 2.67 bits per heavy atom. The summed E-state index contributed by atoms with van der Waals surface area (Å²) in [5.41, 5.74) is -0.938. The minimum atomic E-state index is -0.938. The number of carbonyl (C=O) groups is 1. The van der Waals surface area contributed by atoms with Crippen LogP contribution in [0, 0.1) is 0 Å². The first-order valence-corrected chi connectivity index (χ1v) is 2.45. The molecule has 0 aliphatic rings. The molecule has 0 aromatic carbocycles. The number of aromatic nitrogens is 1. The first-order valence-electron chi connectivity index (χ1n) is 2.07. The van der Waals surface area contributed by atoms with Crippen LogP contribution in [0.15, 0.2) is 16.8 Å². The van der Waals surface area contributed by atoms with Gasteiger partial charge in [0.05, 0.1) is 6.20 Å². The molecule has 0 saturated carbocycles. The SMILES string of the molecule is O=C(Cl)Oc1ccno1. The number of hydrogen-bond donors (Lipinski definition) is 0. The molecule has 0 bridgehead atoms. The Balaban J connectivity index is 2.58. The van der Waals surface area contributed by atoms with Crippen molar-refractivity contribution in [2.75, 3.05) is 0 Å². The summed E-state index contributed by atoms with van der Waals surface area (Å²) in [6.07, 6.45) is 1.34. The van der Waals surface area contributed by atoms with Gasteiger partial charge in [-0.2, -0.15) is 0 Å². The summed E-state index contributed by atoms with van der Waals surface area (Å²) in [6.45, 7) is 0. The van der Waals surface area contributed by atoms with E-state index in [9.17, 15) is 4.79 Å². The molecule has 1 rings (SSSR count). The first-order chi connectivity index (χ1) is 4.29. The van der Waals surface area contributed by atoms with E-state index >= 15 is 0 Å². The van der Waals surface area contributed by atoms with Crippen LogP contribution < -0.4 is 4.74 Å². The fourth-order valence-electron chi connectivity index (χ4n) is 0.336. The van der Waals surface area contributed by atoms with Gasteiger partial charge in [0.1, 0.15) is 0 Å². The lowest BCUT2D eigenvalue weighted by Crippen LogP contribution is -1.93. The van der Waals surface area contributed by atoms with Gasteiger partial charge < -0.3 is 9.26 Å². The molecule has 0 saturated heterocycles. The van der Waals surface area contributed by atoms with E-state index in [1.165, 1.54) is 12.3 Å². The molecule has 0 aliphatic carbocycles. The van der Waals surface area contributed by atoms with Gasteiger partial charge in [0, 0.05) is 17.7 Å². The summed E-state index contributed by atoms with van der Waals surface area (Å²) >= 11 is 4.82. The predicted molar refractivity (Wildman–Crippen MR) is 28.4 cm³/mol. The Morgan fingerprint density at radius 3 is 3.11 bits per heavy atom. The van der Waals surface area contributed by atoms with Crippen LogP contribution in [0.3, 0.4) is 0 Å². The van der Waals surface area contributed by atoms with E-state index in [1.54, 1.807) is 0 Å². The summed E-state index contributed by atoms with van der Waals surface area (Å²) in [5.74, 6) is -0.00463. The Kier molecular flexibility index (Phi) is 1.69. The molecule has 0 radical (unpaired) electrons. The fraction of sp³-hybridized carbons (Fsp3) is 0. The van der Waals surface area contributed by atoms with Gasteiger partial charge in [0.2, 0.25) is 0 Å². The molecule has 5 heteroatoms. The van der Waals surface area contributed by atoms with E-state index in [-0.39, 0.29) is 5.95 Å². The summed E-state index contributed by atoms with van der Waals surface area (Å²) in [4.78, 5) is 9.97. The Bertz CT molecular complexity index is 196. The largest absolute Gasteiger partial charge is 0.411 e. The van der Waals surface area contributed by atoms with Crippen LogP contribution in [0.2, 0.25) is 0 Å². The third-order valence-corrected chi connectivity index (χ3v) is 0.672. The van der Waals surface area contributed by atoms with Gasteiger partial charge in [-0.3, -0.25) is 0 Å². The van der Waals surface area contributed by atoms with Gasteiger partial charge in [-0.15, -0.1) is 0 Å². The van der Waals surface area contributed by atoms with Crippen molar-refractivity contribution in [3.05, 3.63) is 12.3 Å². The Hall–Kier alpha value is -1.03. The molecule has 0 unspecified atom stereocenters. The zero-order chi connectivity index (χ0) is 6.69. The van der Waals surface area contributed by atoms with Crippen molar-refractivity contribution in [3.63, 3.8) is 0 Å². The number of carbonyl (C=O) groups excluding carboxylic acids is 1. The highest BCUT2D eigenvalue weighted by molar-refractivity contribution is 6.61. The van der Waals surface area contributed by atoms with E-state index in [4.69, 9.17) is 11.6 Å². The summed E-state index contributed by atoms with van der Waals surface area (Å²) in [5, 5.41) is 3.26. The maximum absolute atomic E-state index is 9.97. The molecule has 1 heterocycles. The maximum atomic E-state index is 9.97. The second-order valence-corrected chi connectivity index (χ2v) is 1.48. The van der Waals surface area contributed by atoms with Crippen LogP contribution in [-0.4, -0.2) is 10.6 Å². The topological polar surface area (TPSA) is 52.3 Å². The molecule has 1 aromatic rings.